The standard InChI is InChI=1S/C14H20N6O/c1-19(2)12-5-4-10(15)8-11(12)14(21)16-7-6-13-17-9-20(3)18-13/h4-5,8-9H,6-7,15H2,1-3H3,(H,16,21). The average molecular weight is 288 g/mol. The number of rotatable bonds is 5. The highest BCUT2D eigenvalue weighted by molar-refractivity contribution is 6.00. The van der Waals surface area contributed by atoms with Crippen molar-refractivity contribution in [2.24, 2.45) is 7.05 Å². The molecule has 7 heteroatoms. The van der Waals surface area contributed by atoms with E-state index in [1.54, 1.807) is 23.1 Å². The maximum Gasteiger partial charge on any atom is 0.253 e. The summed E-state index contributed by atoms with van der Waals surface area (Å²) in [7, 11) is 5.59. The van der Waals surface area contributed by atoms with E-state index in [-0.39, 0.29) is 5.91 Å². The molecule has 7 nitrogen and oxygen atoms in total. The van der Waals surface area contributed by atoms with Gasteiger partial charge >= 0.3 is 0 Å². The molecule has 112 valence electrons. The van der Waals surface area contributed by atoms with Crippen LogP contribution in [0.3, 0.4) is 0 Å². The zero-order chi connectivity index (χ0) is 15.4. The number of amides is 1. The number of nitrogen functional groups attached to an aromatic ring is 1. The summed E-state index contributed by atoms with van der Waals surface area (Å²) in [4.78, 5) is 18.3. The van der Waals surface area contributed by atoms with Crippen LogP contribution < -0.4 is 16.0 Å². The number of carbonyl (C=O) groups is 1. The minimum absolute atomic E-state index is 0.151. The van der Waals surface area contributed by atoms with Gasteiger partial charge in [0.1, 0.15) is 6.33 Å². The van der Waals surface area contributed by atoms with Crippen molar-refractivity contribution in [2.45, 2.75) is 6.42 Å². The predicted molar refractivity (Wildman–Crippen MR) is 82.2 cm³/mol. The monoisotopic (exact) mass is 288 g/mol. The Morgan fingerprint density at radius 2 is 2.19 bits per heavy atom. The molecule has 2 rings (SSSR count). The van der Waals surface area contributed by atoms with Gasteiger partial charge in [0.2, 0.25) is 0 Å². The summed E-state index contributed by atoms with van der Waals surface area (Å²) in [5, 5.41) is 7.03. The van der Waals surface area contributed by atoms with Gasteiger partial charge in [-0.15, -0.1) is 0 Å². The zero-order valence-electron chi connectivity index (χ0n) is 12.5. The van der Waals surface area contributed by atoms with Gasteiger partial charge in [-0.2, -0.15) is 5.10 Å². The van der Waals surface area contributed by atoms with E-state index in [9.17, 15) is 4.79 Å². The largest absolute Gasteiger partial charge is 0.399 e. The number of hydrogen-bond acceptors (Lipinski definition) is 5. The summed E-state index contributed by atoms with van der Waals surface area (Å²) in [6.45, 7) is 0.477. The number of hydrogen-bond donors (Lipinski definition) is 2. The van der Waals surface area contributed by atoms with Crippen molar-refractivity contribution in [1.82, 2.24) is 20.1 Å². The quantitative estimate of drug-likeness (QED) is 0.779. The highest BCUT2D eigenvalue weighted by Gasteiger charge is 2.13. The van der Waals surface area contributed by atoms with Crippen molar-refractivity contribution in [3.8, 4) is 0 Å². The van der Waals surface area contributed by atoms with Crippen molar-refractivity contribution in [3.63, 3.8) is 0 Å². The number of aryl methyl sites for hydroxylation is 1. The summed E-state index contributed by atoms with van der Waals surface area (Å²) in [6.07, 6.45) is 2.23. The summed E-state index contributed by atoms with van der Waals surface area (Å²) in [5.41, 5.74) is 7.73. The van der Waals surface area contributed by atoms with Crippen LogP contribution in [0.1, 0.15) is 16.2 Å². The van der Waals surface area contributed by atoms with E-state index in [1.165, 1.54) is 0 Å². The van der Waals surface area contributed by atoms with Crippen LogP contribution in [0.15, 0.2) is 24.5 Å². The van der Waals surface area contributed by atoms with Gasteiger partial charge in [-0.05, 0) is 18.2 Å². The minimum Gasteiger partial charge on any atom is -0.399 e. The van der Waals surface area contributed by atoms with Crippen LogP contribution in [0.25, 0.3) is 0 Å². The fourth-order valence-corrected chi connectivity index (χ4v) is 2.01. The van der Waals surface area contributed by atoms with E-state index in [1.807, 2.05) is 32.1 Å². The first kappa shape index (κ1) is 14.8. The topological polar surface area (TPSA) is 89.1 Å². The summed E-state index contributed by atoms with van der Waals surface area (Å²) < 4.78 is 1.64. The first-order chi connectivity index (χ1) is 9.97. The number of nitrogens with two attached hydrogens (primary N) is 1. The lowest BCUT2D eigenvalue weighted by Crippen LogP contribution is -2.28. The lowest BCUT2D eigenvalue weighted by Gasteiger charge is -2.17. The molecule has 0 unspecified atom stereocenters. The third-order valence-electron chi connectivity index (χ3n) is 3.03. The molecule has 0 aliphatic rings. The molecule has 0 saturated heterocycles. The van der Waals surface area contributed by atoms with Crippen molar-refractivity contribution in [2.75, 3.05) is 31.3 Å². The Labute approximate surface area is 123 Å². The number of benzene rings is 1. The highest BCUT2D eigenvalue weighted by atomic mass is 16.1. The molecule has 2 aromatic rings. The Balaban J connectivity index is 2.01. The molecular weight excluding hydrogens is 268 g/mol. The van der Waals surface area contributed by atoms with Gasteiger partial charge in [0.15, 0.2) is 5.82 Å². The van der Waals surface area contributed by atoms with E-state index in [0.717, 1.165) is 5.69 Å². The van der Waals surface area contributed by atoms with Gasteiger partial charge < -0.3 is 16.0 Å². The van der Waals surface area contributed by atoms with E-state index in [2.05, 4.69) is 15.4 Å². The molecule has 0 spiro atoms. The lowest BCUT2D eigenvalue weighted by molar-refractivity contribution is 0.0954. The molecule has 0 aliphatic heterocycles. The Bertz CT molecular complexity index is 634. The van der Waals surface area contributed by atoms with Gasteiger partial charge in [-0.25, -0.2) is 4.98 Å². The number of aromatic nitrogens is 3. The van der Waals surface area contributed by atoms with Crippen molar-refractivity contribution >= 4 is 17.3 Å². The lowest BCUT2D eigenvalue weighted by atomic mass is 10.1. The molecular formula is C14H20N6O. The normalized spacial score (nSPS) is 10.4. The fraction of sp³-hybridized carbons (Fsp3) is 0.357. The van der Waals surface area contributed by atoms with Crippen LogP contribution in [0.2, 0.25) is 0 Å². The second-order valence-corrected chi connectivity index (χ2v) is 5.01. The molecule has 0 bridgehead atoms. The van der Waals surface area contributed by atoms with Crippen molar-refractivity contribution in [3.05, 3.63) is 35.9 Å². The van der Waals surface area contributed by atoms with E-state index >= 15 is 0 Å². The minimum atomic E-state index is -0.151. The molecule has 0 atom stereocenters. The van der Waals surface area contributed by atoms with Gasteiger partial charge in [-0.3, -0.25) is 9.48 Å². The summed E-state index contributed by atoms with van der Waals surface area (Å²) in [6, 6.07) is 5.30. The Morgan fingerprint density at radius 3 is 2.81 bits per heavy atom. The maximum absolute atomic E-state index is 12.3. The third kappa shape index (κ3) is 3.71. The number of anilines is 2. The Kier molecular flexibility index (Phi) is 4.42. The second kappa shape index (κ2) is 6.25. The van der Waals surface area contributed by atoms with Crippen LogP contribution in [-0.2, 0) is 13.5 Å². The first-order valence-electron chi connectivity index (χ1n) is 6.67. The SMILES string of the molecule is CN(C)c1ccc(N)cc1C(=O)NCCc1ncn(C)n1. The molecule has 0 radical (unpaired) electrons. The van der Waals surface area contributed by atoms with Crippen molar-refractivity contribution < 1.29 is 4.79 Å². The molecule has 0 aliphatic carbocycles. The summed E-state index contributed by atoms with van der Waals surface area (Å²) in [5.74, 6) is 0.556. The molecule has 21 heavy (non-hydrogen) atoms. The van der Waals surface area contributed by atoms with Crippen LogP contribution in [-0.4, -0.2) is 41.3 Å². The third-order valence-corrected chi connectivity index (χ3v) is 3.03. The molecule has 0 saturated carbocycles. The number of nitrogens with zero attached hydrogens (tertiary/aromatic N) is 4. The van der Waals surface area contributed by atoms with Crippen molar-refractivity contribution in [1.29, 1.82) is 0 Å². The maximum atomic E-state index is 12.3. The fourth-order valence-electron chi connectivity index (χ4n) is 2.01. The molecule has 1 aromatic carbocycles. The highest BCUT2D eigenvalue weighted by Crippen LogP contribution is 2.21. The predicted octanol–water partition coefficient (Wildman–Crippen LogP) is 0.436. The molecule has 0 fully saturated rings. The molecule has 1 aromatic heterocycles. The van der Waals surface area contributed by atoms with Crippen LogP contribution in [0, 0.1) is 0 Å². The second-order valence-electron chi connectivity index (χ2n) is 5.01. The first-order valence-corrected chi connectivity index (χ1v) is 6.67. The summed E-state index contributed by atoms with van der Waals surface area (Å²) >= 11 is 0. The van der Waals surface area contributed by atoms with Gasteiger partial charge in [-0.1, -0.05) is 0 Å². The van der Waals surface area contributed by atoms with Crippen LogP contribution >= 0.6 is 0 Å². The van der Waals surface area contributed by atoms with Gasteiger partial charge in [0, 0.05) is 45.5 Å². The Hall–Kier alpha value is -2.57. The van der Waals surface area contributed by atoms with Gasteiger partial charge in [0.25, 0.3) is 5.91 Å². The molecule has 1 heterocycles. The zero-order valence-corrected chi connectivity index (χ0v) is 12.5. The van der Waals surface area contributed by atoms with E-state index < -0.39 is 0 Å². The van der Waals surface area contributed by atoms with E-state index in [0.29, 0.717) is 30.0 Å². The van der Waals surface area contributed by atoms with Gasteiger partial charge in [0.05, 0.1) is 5.56 Å². The van der Waals surface area contributed by atoms with Crippen LogP contribution in [0.4, 0.5) is 11.4 Å². The Morgan fingerprint density at radius 1 is 1.43 bits per heavy atom. The molecule has 3 N–H and O–H groups in total. The number of carbonyl (C=O) groups excluding carboxylic acids is 1. The van der Waals surface area contributed by atoms with Crippen LogP contribution in [0.5, 0.6) is 0 Å². The number of nitrogens with one attached hydrogen (secondary N) is 1. The average Bonchev–Trinajstić information content (AvgIpc) is 2.84. The smallest absolute Gasteiger partial charge is 0.253 e. The molecule has 1 amide bonds. The van der Waals surface area contributed by atoms with E-state index in [4.69, 9.17) is 5.73 Å².